The third kappa shape index (κ3) is 3.95. The first-order valence-corrected chi connectivity index (χ1v) is 8.73. The van der Waals surface area contributed by atoms with E-state index < -0.39 is 36.2 Å². The molecule has 1 aromatic carbocycles. The van der Waals surface area contributed by atoms with Gasteiger partial charge in [0, 0.05) is 12.2 Å². The average molecular weight is 388 g/mol. The molecule has 148 valence electrons. The van der Waals surface area contributed by atoms with Crippen LogP contribution in [0.3, 0.4) is 0 Å². The van der Waals surface area contributed by atoms with Crippen LogP contribution in [0.1, 0.15) is 24.1 Å². The van der Waals surface area contributed by atoms with Crippen LogP contribution in [0.5, 0.6) is 0 Å². The highest BCUT2D eigenvalue weighted by Crippen LogP contribution is 2.32. The number of carbonyl (C=O) groups is 2. The minimum atomic E-state index is -1.49. The molecule has 1 amide bonds. The molecule has 3 rings (SSSR count). The van der Waals surface area contributed by atoms with Crippen LogP contribution in [0.25, 0.3) is 0 Å². The molecule has 1 saturated heterocycles. The summed E-state index contributed by atoms with van der Waals surface area (Å²) in [5.41, 5.74) is 7.00. The van der Waals surface area contributed by atoms with E-state index in [1.807, 2.05) is 0 Å². The Kier molecular flexibility index (Phi) is 5.57. The largest absolute Gasteiger partial charge is 0.480 e. The fraction of sp³-hybridized carbons (Fsp3) is 0.316. The zero-order valence-corrected chi connectivity index (χ0v) is 15.1. The van der Waals surface area contributed by atoms with Gasteiger partial charge in [0.1, 0.15) is 17.7 Å². The van der Waals surface area contributed by atoms with Crippen molar-refractivity contribution in [3.8, 4) is 0 Å². The Morgan fingerprint density at radius 1 is 1.36 bits per heavy atom. The molecule has 0 saturated carbocycles. The fourth-order valence-corrected chi connectivity index (χ4v) is 3.36. The maximum absolute atomic E-state index is 13.0. The van der Waals surface area contributed by atoms with E-state index in [0.29, 0.717) is 11.1 Å². The smallest absolute Gasteiger partial charge is 0.327 e. The summed E-state index contributed by atoms with van der Waals surface area (Å²) in [4.78, 5) is 29.0. The van der Waals surface area contributed by atoms with Gasteiger partial charge in [0.25, 0.3) is 0 Å². The molecular weight excluding hydrogens is 367 g/mol. The second kappa shape index (κ2) is 7.91. The van der Waals surface area contributed by atoms with E-state index in [-0.39, 0.29) is 18.1 Å². The van der Waals surface area contributed by atoms with Crippen molar-refractivity contribution in [1.82, 2.24) is 15.2 Å². The summed E-state index contributed by atoms with van der Waals surface area (Å²) in [6, 6.07) is 7.29. The molecule has 28 heavy (non-hydrogen) atoms. The number of amides is 1. The third-order valence-electron chi connectivity index (χ3n) is 4.84. The lowest BCUT2D eigenvalue weighted by atomic mass is 9.82. The van der Waals surface area contributed by atoms with E-state index >= 15 is 0 Å². The first kappa shape index (κ1) is 19.7. The Morgan fingerprint density at radius 3 is 2.64 bits per heavy atom. The van der Waals surface area contributed by atoms with Gasteiger partial charge in [-0.1, -0.05) is 12.1 Å². The van der Waals surface area contributed by atoms with Gasteiger partial charge in [-0.25, -0.2) is 14.2 Å². The molecule has 8 nitrogen and oxygen atoms in total. The van der Waals surface area contributed by atoms with E-state index in [1.165, 1.54) is 18.3 Å². The highest BCUT2D eigenvalue weighted by atomic mass is 19.1. The lowest BCUT2D eigenvalue weighted by Crippen LogP contribution is -2.70. The molecule has 2 heterocycles. The molecule has 1 aromatic heterocycles. The SMILES string of the molecule is C[C@@H](NC(O)N1C(=O)[C@H](Cc2ccnc(N)c2)[C@H]1C(=O)O)c1ccc(F)cc1. The minimum Gasteiger partial charge on any atom is -0.480 e. The monoisotopic (exact) mass is 388 g/mol. The molecule has 0 bridgehead atoms. The number of carbonyl (C=O) groups excluding carboxylic acids is 1. The van der Waals surface area contributed by atoms with Crippen LogP contribution < -0.4 is 11.1 Å². The van der Waals surface area contributed by atoms with Crippen LogP contribution in [0, 0.1) is 11.7 Å². The number of β-lactam (4-membered cyclic amide) rings is 1. The zero-order chi connectivity index (χ0) is 20.4. The summed E-state index contributed by atoms with van der Waals surface area (Å²) in [5, 5.41) is 22.7. The maximum Gasteiger partial charge on any atom is 0.327 e. The molecule has 0 radical (unpaired) electrons. The Morgan fingerprint density at radius 2 is 2.04 bits per heavy atom. The second-order valence-corrected chi connectivity index (χ2v) is 6.74. The summed E-state index contributed by atoms with van der Waals surface area (Å²) in [7, 11) is 0. The van der Waals surface area contributed by atoms with Gasteiger partial charge in [-0.15, -0.1) is 0 Å². The molecule has 0 aliphatic carbocycles. The number of rotatable bonds is 7. The van der Waals surface area contributed by atoms with Crippen LogP contribution in [0.4, 0.5) is 10.2 Å². The number of pyridine rings is 1. The van der Waals surface area contributed by atoms with Crippen molar-refractivity contribution in [2.24, 2.45) is 5.92 Å². The highest BCUT2D eigenvalue weighted by molar-refractivity contribution is 5.96. The molecule has 0 spiro atoms. The first-order chi connectivity index (χ1) is 13.3. The van der Waals surface area contributed by atoms with Crippen molar-refractivity contribution in [3.05, 3.63) is 59.5 Å². The van der Waals surface area contributed by atoms with Crippen molar-refractivity contribution in [3.63, 3.8) is 0 Å². The Balaban J connectivity index is 1.69. The number of aliphatic hydroxyl groups excluding tert-OH is 1. The first-order valence-electron chi connectivity index (χ1n) is 8.73. The molecule has 9 heteroatoms. The maximum atomic E-state index is 13.0. The number of nitrogens with zero attached hydrogens (tertiary/aromatic N) is 2. The molecule has 4 atom stereocenters. The molecular formula is C19H21FN4O4. The number of carboxylic acids is 1. The van der Waals surface area contributed by atoms with Gasteiger partial charge < -0.3 is 15.9 Å². The summed E-state index contributed by atoms with van der Waals surface area (Å²) in [6.45, 7) is 1.72. The summed E-state index contributed by atoms with van der Waals surface area (Å²) < 4.78 is 13.0. The number of hydrogen-bond acceptors (Lipinski definition) is 6. The average Bonchev–Trinajstić information content (AvgIpc) is 2.63. The number of nitrogens with one attached hydrogen (secondary N) is 1. The van der Waals surface area contributed by atoms with Crippen LogP contribution in [-0.4, -0.2) is 44.4 Å². The minimum absolute atomic E-state index is 0.180. The van der Waals surface area contributed by atoms with Gasteiger partial charge in [0.05, 0.1) is 5.92 Å². The third-order valence-corrected chi connectivity index (χ3v) is 4.84. The predicted octanol–water partition coefficient (Wildman–Crippen LogP) is 0.884. The molecule has 2 aromatic rings. The zero-order valence-electron chi connectivity index (χ0n) is 15.1. The number of halogens is 1. The lowest BCUT2D eigenvalue weighted by Gasteiger charge is -2.47. The number of nitrogen functional groups attached to an aromatic ring is 1. The number of hydrogen-bond donors (Lipinski definition) is 4. The molecule has 5 N–H and O–H groups in total. The van der Waals surface area contributed by atoms with Gasteiger partial charge in [-0.2, -0.15) is 0 Å². The predicted molar refractivity (Wildman–Crippen MR) is 98.1 cm³/mol. The molecule has 1 fully saturated rings. The number of carboxylic acid groups (broad SMARTS) is 1. The quantitative estimate of drug-likeness (QED) is 0.409. The van der Waals surface area contributed by atoms with E-state index in [9.17, 15) is 24.2 Å². The molecule has 1 unspecified atom stereocenters. The van der Waals surface area contributed by atoms with E-state index in [4.69, 9.17) is 5.73 Å². The number of aliphatic carboxylic acids is 1. The molecule has 1 aliphatic heterocycles. The second-order valence-electron chi connectivity index (χ2n) is 6.74. The number of aromatic nitrogens is 1. The van der Waals surface area contributed by atoms with E-state index in [1.54, 1.807) is 31.2 Å². The topological polar surface area (TPSA) is 129 Å². The normalized spacial score (nSPS) is 21.1. The van der Waals surface area contributed by atoms with Crippen molar-refractivity contribution in [2.75, 3.05) is 5.73 Å². The van der Waals surface area contributed by atoms with Gasteiger partial charge in [0.2, 0.25) is 5.91 Å². The Labute approximate surface area is 160 Å². The lowest BCUT2D eigenvalue weighted by molar-refractivity contribution is -0.190. The van der Waals surface area contributed by atoms with Gasteiger partial charge in [0.15, 0.2) is 6.35 Å². The number of nitrogens with two attached hydrogens (primary N) is 1. The summed E-state index contributed by atoms with van der Waals surface area (Å²) in [5.74, 6) is -2.60. The van der Waals surface area contributed by atoms with Crippen molar-refractivity contribution < 1.29 is 24.2 Å². The number of benzene rings is 1. The number of anilines is 1. The van der Waals surface area contributed by atoms with Crippen LogP contribution >= 0.6 is 0 Å². The molecule has 1 aliphatic rings. The van der Waals surface area contributed by atoms with Crippen molar-refractivity contribution >= 4 is 17.7 Å². The summed E-state index contributed by atoms with van der Waals surface area (Å²) in [6.07, 6.45) is 0.175. The van der Waals surface area contributed by atoms with E-state index in [2.05, 4.69) is 10.3 Å². The van der Waals surface area contributed by atoms with E-state index in [0.717, 1.165) is 4.90 Å². The van der Waals surface area contributed by atoms with Crippen molar-refractivity contribution in [1.29, 1.82) is 0 Å². The standard InChI is InChI=1S/C19H21FN4O4/c1-10(12-2-4-13(20)5-3-12)23-19(28)24-16(18(26)27)14(17(24)25)8-11-6-7-22-15(21)9-11/h2-7,9-10,14,16,19,23,28H,8H2,1H3,(H2,21,22)(H,26,27)/t10-,14-,16+,19?/m1/s1. The van der Waals surface area contributed by atoms with Crippen LogP contribution in [-0.2, 0) is 16.0 Å². The highest BCUT2D eigenvalue weighted by Gasteiger charge is 2.54. The van der Waals surface area contributed by atoms with Gasteiger partial charge in [-0.3, -0.25) is 15.0 Å². The Bertz CT molecular complexity index is 876. The van der Waals surface area contributed by atoms with Crippen LogP contribution in [0.2, 0.25) is 0 Å². The fourth-order valence-electron chi connectivity index (χ4n) is 3.36. The Hall–Kier alpha value is -3.04. The van der Waals surface area contributed by atoms with Gasteiger partial charge in [-0.05, 0) is 48.7 Å². The summed E-state index contributed by atoms with van der Waals surface area (Å²) >= 11 is 0. The van der Waals surface area contributed by atoms with Crippen molar-refractivity contribution in [2.45, 2.75) is 31.8 Å². The van der Waals surface area contributed by atoms with Gasteiger partial charge >= 0.3 is 5.97 Å². The number of likely N-dealkylation sites (tertiary alicyclic amines) is 1. The van der Waals surface area contributed by atoms with Crippen LogP contribution in [0.15, 0.2) is 42.6 Å². The number of aliphatic hydroxyl groups is 1.